The van der Waals surface area contributed by atoms with Crippen molar-refractivity contribution in [1.29, 1.82) is 0 Å². The van der Waals surface area contributed by atoms with Crippen LogP contribution in [0.15, 0.2) is 78.4 Å². The molecule has 1 aliphatic heterocycles. The highest BCUT2D eigenvalue weighted by molar-refractivity contribution is 6.39. The number of hydrogen-bond donors (Lipinski definition) is 2. The molecule has 38 heavy (non-hydrogen) atoms. The van der Waals surface area contributed by atoms with Crippen molar-refractivity contribution in [2.24, 2.45) is 0 Å². The second-order valence-electron chi connectivity index (χ2n) is 8.13. The maximum absolute atomic E-state index is 13.1. The fourth-order valence-electron chi connectivity index (χ4n) is 3.67. The Kier molecular flexibility index (Phi) is 8.40. The van der Waals surface area contributed by atoms with Crippen LogP contribution in [0.4, 0.5) is 10.5 Å². The van der Waals surface area contributed by atoms with E-state index in [0.29, 0.717) is 35.2 Å². The van der Waals surface area contributed by atoms with Gasteiger partial charge in [0.25, 0.3) is 17.7 Å². The number of nitrogens with one attached hydrogen (secondary N) is 2. The summed E-state index contributed by atoms with van der Waals surface area (Å²) in [5, 5.41) is 5.28. The Morgan fingerprint density at radius 2 is 1.76 bits per heavy atom. The van der Waals surface area contributed by atoms with Gasteiger partial charge in [-0.15, -0.1) is 0 Å². The second-order valence-corrected chi connectivity index (χ2v) is 8.56. The van der Waals surface area contributed by atoms with Gasteiger partial charge in [-0.25, -0.2) is 9.69 Å². The highest BCUT2D eigenvalue weighted by atomic mass is 35.5. The number of urea groups is 1. The molecule has 1 aliphatic rings. The van der Waals surface area contributed by atoms with Gasteiger partial charge in [0, 0.05) is 11.6 Å². The van der Waals surface area contributed by atoms with Crippen molar-refractivity contribution >= 4 is 47.1 Å². The van der Waals surface area contributed by atoms with Crippen LogP contribution in [-0.4, -0.2) is 37.0 Å². The zero-order valence-corrected chi connectivity index (χ0v) is 21.2. The normalized spacial score (nSPS) is 14.3. The van der Waals surface area contributed by atoms with Gasteiger partial charge in [-0.05, 0) is 54.5 Å². The van der Waals surface area contributed by atoms with Crippen molar-refractivity contribution in [1.82, 2.24) is 10.6 Å². The Labute approximate surface area is 224 Å². The first-order chi connectivity index (χ1) is 18.4. The van der Waals surface area contributed by atoms with E-state index in [2.05, 4.69) is 10.6 Å². The van der Waals surface area contributed by atoms with Crippen LogP contribution < -0.4 is 25.0 Å². The van der Waals surface area contributed by atoms with Crippen molar-refractivity contribution < 1.29 is 28.7 Å². The lowest BCUT2D eigenvalue weighted by molar-refractivity contribution is -0.124. The van der Waals surface area contributed by atoms with Crippen molar-refractivity contribution in [2.75, 3.05) is 18.1 Å². The van der Waals surface area contributed by atoms with E-state index in [4.69, 9.17) is 21.1 Å². The molecular formula is C28H24ClN3O6. The molecule has 2 N–H and O–H groups in total. The van der Waals surface area contributed by atoms with Gasteiger partial charge in [-0.1, -0.05) is 54.1 Å². The SMILES string of the molecule is CCOc1cc(/C=C2\C(=O)NC(=O)N(c3cccc(Cl)c3)C2=O)ccc1OCC(=O)NCc1ccccc1. The van der Waals surface area contributed by atoms with Crippen molar-refractivity contribution in [3.8, 4) is 11.5 Å². The Bertz CT molecular complexity index is 1410. The molecule has 194 valence electrons. The second kappa shape index (κ2) is 12.1. The Morgan fingerprint density at radius 3 is 2.50 bits per heavy atom. The van der Waals surface area contributed by atoms with E-state index < -0.39 is 17.8 Å². The van der Waals surface area contributed by atoms with E-state index >= 15 is 0 Å². The number of halogens is 1. The largest absolute Gasteiger partial charge is 0.490 e. The molecular weight excluding hydrogens is 510 g/mol. The molecule has 10 heteroatoms. The summed E-state index contributed by atoms with van der Waals surface area (Å²) in [6, 6.07) is 19.5. The predicted octanol–water partition coefficient (Wildman–Crippen LogP) is 4.10. The van der Waals surface area contributed by atoms with Gasteiger partial charge in [-0.3, -0.25) is 19.7 Å². The van der Waals surface area contributed by atoms with Crippen molar-refractivity contribution in [3.63, 3.8) is 0 Å². The van der Waals surface area contributed by atoms with E-state index in [1.807, 2.05) is 30.3 Å². The smallest absolute Gasteiger partial charge is 0.335 e. The molecule has 0 radical (unpaired) electrons. The summed E-state index contributed by atoms with van der Waals surface area (Å²) >= 11 is 6.01. The molecule has 0 unspecified atom stereocenters. The number of hydrogen-bond acceptors (Lipinski definition) is 6. The predicted molar refractivity (Wildman–Crippen MR) is 142 cm³/mol. The average Bonchev–Trinajstić information content (AvgIpc) is 2.90. The van der Waals surface area contributed by atoms with Crippen LogP contribution in [0.2, 0.25) is 5.02 Å². The lowest BCUT2D eigenvalue weighted by atomic mass is 10.1. The maximum atomic E-state index is 13.1. The van der Waals surface area contributed by atoms with E-state index in [1.165, 1.54) is 18.2 Å². The number of amides is 5. The molecule has 9 nitrogen and oxygen atoms in total. The van der Waals surface area contributed by atoms with E-state index in [9.17, 15) is 19.2 Å². The van der Waals surface area contributed by atoms with Gasteiger partial charge in [0.15, 0.2) is 18.1 Å². The van der Waals surface area contributed by atoms with Gasteiger partial charge >= 0.3 is 6.03 Å². The van der Waals surface area contributed by atoms with Gasteiger partial charge < -0.3 is 14.8 Å². The van der Waals surface area contributed by atoms with Gasteiger partial charge in [-0.2, -0.15) is 0 Å². The van der Waals surface area contributed by atoms with Crippen LogP contribution in [0.5, 0.6) is 11.5 Å². The minimum absolute atomic E-state index is 0.225. The zero-order valence-electron chi connectivity index (χ0n) is 20.4. The number of nitrogens with zero attached hydrogens (tertiary/aromatic N) is 1. The summed E-state index contributed by atoms with van der Waals surface area (Å²) in [5.74, 6) is -1.29. The lowest BCUT2D eigenvalue weighted by Gasteiger charge is -2.26. The molecule has 0 atom stereocenters. The maximum Gasteiger partial charge on any atom is 0.335 e. The number of anilines is 1. The van der Waals surface area contributed by atoms with Crippen LogP contribution in [-0.2, 0) is 20.9 Å². The zero-order chi connectivity index (χ0) is 27.1. The summed E-state index contributed by atoms with van der Waals surface area (Å²) in [7, 11) is 0. The number of ether oxygens (including phenoxy) is 2. The number of barbiturate groups is 1. The molecule has 3 aromatic carbocycles. The van der Waals surface area contributed by atoms with Crippen LogP contribution >= 0.6 is 11.6 Å². The fraction of sp³-hybridized carbons (Fsp3) is 0.143. The minimum atomic E-state index is -0.872. The molecule has 1 fully saturated rings. The molecule has 5 amide bonds. The molecule has 1 saturated heterocycles. The fourth-order valence-corrected chi connectivity index (χ4v) is 3.85. The monoisotopic (exact) mass is 533 g/mol. The molecule has 1 heterocycles. The lowest BCUT2D eigenvalue weighted by Crippen LogP contribution is -2.54. The van der Waals surface area contributed by atoms with E-state index in [0.717, 1.165) is 10.5 Å². The summed E-state index contributed by atoms with van der Waals surface area (Å²) in [6.45, 7) is 2.24. The summed E-state index contributed by atoms with van der Waals surface area (Å²) in [5.41, 5.74) is 1.39. The first-order valence-corrected chi connectivity index (χ1v) is 12.1. The quantitative estimate of drug-likeness (QED) is 0.316. The van der Waals surface area contributed by atoms with Gasteiger partial charge in [0.05, 0.1) is 12.3 Å². The van der Waals surface area contributed by atoms with E-state index in [1.54, 1.807) is 37.3 Å². The minimum Gasteiger partial charge on any atom is -0.490 e. The Morgan fingerprint density at radius 1 is 0.974 bits per heavy atom. The van der Waals surface area contributed by atoms with Crippen molar-refractivity contribution in [2.45, 2.75) is 13.5 Å². The molecule has 3 aromatic rings. The average molecular weight is 534 g/mol. The summed E-state index contributed by atoms with van der Waals surface area (Å²) < 4.78 is 11.3. The van der Waals surface area contributed by atoms with E-state index in [-0.39, 0.29) is 23.8 Å². The third kappa shape index (κ3) is 6.37. The molecule has 0 spiro atoms. The van der Waals surface area contributed by atoms with Crippen LogP contribution in [0.25, 0.3) is 6.08 Å². The first kappa shape index (κ1) is 26.4. The summed E-state index contributed by atoms with van der Waals surface area (Å²) in [6.07, 6.45) is 1.35. The van der Waals surface area contributed by atoms with Gasteiger partial charge in [0.1, 0.15) is 5.57 Å². The molecule has 0 bridgehead atoms. The number of imide groups is 2. The molecule has 0 aromatic heterocycles. The van der Waals surface area contributed by atoms with Crippen LogP contribution in [0.3, 0.4) is 0 Å². The first-order valence-electron chi connectivity index (χ1n) is 11.7. The molecule has 4 rings (SSSR count). The Balaban J connectivity index is 1.50. The number of benzene rings is 3. The third-order valence-corrected chi connectivity index (χ3v) is 5.67. The van der Waals surface area contributed by atoms with Crippen LogP contribution in [0, 0.1) is 0 Å². The molecule has 0 aliphatic carbocycles. The van der Waals surface area contributed by atoms with Gasteiger partial charge in [0.2, 0.25) is 0 Å². The topological polar surface area (TPSA) is 114 Å². The summed E-state index contributed by atoms with van der Waals surface area (Å²) in [4.78, 5) is 51.1. The van der Waals surface area contributed by atoms with Crippen molar-refractivity contribution in [3.05, 3.63) is 94.5 Å². The highest BCUT2D eigenvalue weighted by Crippen LogP contribution is 2.30. The number of carbonyl (C=O) groups excluding carboxylic acids is 4. The molecule has 0 saturated carbocycles. The number of rotatable bonds is 9. The van der Waals surface area contributed by atoms with Crippen LogP contribution in [0.1, 0.15) is 18.1 Å². The number of carbonyl (C=O) groups is 4. The Hall–Kier alpha value is -4.63. The highest BCUT2D eigenvalue weighted by Gasteiger charge is 2.36. The third-order valence-electron chi connectivity index (χ3n) is 5.44. The standard InChI is InChI=1S/C28H24ClN3O6/c1-2-37-24-14-19(11-12-23(24)38-17-25(33)30-16-18-7-4-3-5-8-18)13-22-26(34)31-28(36)32(27(22)35)21-10-6-9-20(29)15-21/h3-15H,2,16-17H2,1H3,(H,30,33)(H,31,34,36)/b22-13+.